The van der Waals surface area contributed by atoms with E-state index in [1.807, 2.05) is 0 Å². The maximum absolute atomic E-state index is 13.5. The lowest BCUT2D eigenvalue weighted by Gasteiger charge is -2.55. The Morgan fingerprint density at radius 2 is 1.71 bits per heavy atom. The topological polar surface area (TPSA) is 34.4 Å². The van der Waals surface area contributed by atoms with Crippen LogP contribution in [0.5, 0.6) is 0 Å². The molecule has 1 aromatic carbocycles. The maximum Gasteiger partial charge on any atom is 0.254 e. The minimum atomic E-state index is -0.157. The van der Waals surface area contributed by atoms with Crippen molar-refractivity contribution in [3.05, 3.63) is 38.4 Å². The summed E-state index contributed by atoms with van der Waals surface area (Å²) in [5, 5.41) is 0. The largest absolute Gasteiger partial charge is 0.316 e. The van der Waals surface area contributed by atoms with Crippen molar-refractivity contribution < 1.29 is 4.79 Å². The molecule has 0 aliphatic heterocycles. The van der Waals surface area contributed by atoms with Crippen LogP contribution >= 0.6 is 27.3 Å². The van der Waals surface area contributed by atoms with Gasteiger partial charge in [0, 0.05) is 15.9 Å². The summed E-state index contributed by atoms with van der Waals surface area (Å²) in [5.74, 6) is 2.48. The van der Waals surface area contributed by atoms with Gasteiger partial charge in [0.2, 0.25) is 0 Å². The highest BCUT2D eigenvalue weighted by molar-refractivity contribution is 9.10. The molecule has 4 aliphatic rings. The van der Waals surface area contributed by atoms with E-state index in [1.54, 1.807) is 11.3 Å². The highest BCUT2D eigenvalue weighted by atomic mass is 79.9. The lowest BCUT2D eigenvalue weighted by atomic mass is 9.49. The number of aryl methyl sites for hydroxylation is 1. The fourth-order valence-corrected chi connectivity index (χ4v) is 7.77. The number of nitrogens with zero attached hydrogens (tertiary/aromatic N) is 2. The lowest BCUT2D eigenvalue weighted by molar-refractivity contribution is -0.142. The molecule has 4 fully saturated rings. The lowest BCUT2D eigenvalue weighted by Crippen LogP contribution is -2.49. The predicted molar refractivity (Wildman–Crippen MR) is 117 cm³/mol. The summed E-state index contributed by atoms with van der Waals surface area (Å²) in [6, 6.07) is 8.42. The number of carbonyl (C=O) groups is 1. The summed E-state index contributed by atoms with van der Waals surface area (Å²) in [4.78, 5) is 20.3. The molecule has 0 spiro atoms. The van der Waals surface area contributed by atoms with Gasteiger partial charge in [0.1, 0.15) is 0 Å². The van der Waals surface area contributed by atoms with Gasteiger partial charge in [-0.05, 0) is 87.8 Å². The van der Waals surface area contributed by atoms with E-state index in [0.717, 1.165) is 52.8 Å². The van der Waals surface area contributed by atoms with Crippen molar-refractivity contribution in [2.45, 2.75) is 58.9 Å². The number of carbonyl (C=O) groups excluding carboxylic acids is 1. The first-order chi connectivity index (χ1) is 13.5. The smallest absolute Gasteiger partial charge is 0.254 e. The first kappa shape index (κ1) is 18.8. The zero-order chi connectivity index (χ0) is 19.5. The Balaban J connectivity index is 1.54. The van der Waals surface area contributed by atoms with Crippen LogP contribution in [0, 0.1) is 30.1 Å². The number of aromatic nitrogens is 1. The molecular weight excluding hydrogens is 432 g/mol. The molecule has 1 aromatic heterocycles. The molecule has 148 valence electrons. The van der Waals surface area contributed by atoms with Crippen molar-refractivity contribution in [1.82, 2.24) is 4.57 Å². The van der Waals surface area contributed by atoms with E-state index in [1.165, 1.54) is 35.4 Å². The molecule has 0 N–H and O–H groups in total. The Hall–Kier alpha value is -1.20. The average Bonchev–Trinajstić information content (AvgIpc) is 2.96. The number of hydrogen-bond donors (Lipinski definition) is 0. The van der Waals surface area contributed by atoms with Crippen molar-refractivity contribution in [3.63, 3.8) is 0 Å². The average molecular weight is 459 g/mol. The Bertz CT molecular complexity index is 950. The van der Waals surface area contributed by atoms with Gasteiger partial charge < -0.3 is 4.57 Å². The fourth-order valence-electron chi connectivity index (χ4n) is 6.45. The molecule has 6 rings (SSSR count). The van der Waals surface area contributed by atoms with Crippen LogP contribution in [0.25, 0.3) is 11.3 Å². The number of rotatable bonds is 3. The zero-order valence-electron chi connectivity index (χ0n) is 16.6. The van der Waals surface area contributed by atoms with Crippen LogP contribution in [0.3, 0.4) is 0 Å². The highest BCUT2D eigenvalue weighted by Crippen LogP contribution is 2.60. The minimum Gasteiger partial charge on any atom is -0.316 e. The fraction of sp³-hybridized carbons (Fsp3) is 0.565. The first-order valence-electron chi connectivity index (χ1n) is 10.5. The molecule has 2 aromatic rings. The van der Waals surface area contributed by atoms with Gasteiger partial charge in [-0.3, -0.25) is 4.79 Å². The number of amides is 1. The van der Waals surface area contributed by atoms with E-state index in [2.05, 4.69) is 58.6 Å². The minimum absolute atomic E-state index is 0.157. The monoisotopic (exact) mass is 458 g/mol. The van der Waals surface area contributed by atoms with Crippen molar-refractivity contribution in [2.75, 3.05) is 0 Å². The molecule has 1 amide bonds. The zero-order valence-corrected chi connectivity index (χ0v) is 19.0. The van der Waals surface area contributed by atoms with Crippen LogP contribution in [-0.2, 0) is 11.3 Å². The number of benzene rings is 1. The van der Waals surface area contributed by atoms with Crippen molar-refractivity contribution >= 4 is 33.2 Å². The first-order valence-corrected chi connectivity index (χ1v) is 12.1. The molecule has 4 aliphatic carbocycles. The summed E-state index contributed by atoms with van der Waals surface area (Å²) in [5.41, 5.74) is 2.22. The van der Waals surface area contributed by atoms with Crippen LogP contribution in [-0.4, -0.2) is 10.5 Å². The number of hydrogen-bond acceptors (Lipinski definition) is 2. The second-order valence-electron chi connectivity index (χ2n) is 9.16. The van der Waals surface area contributed by atoms with Gasteiger partial charge in [-0.25, -0.2) is 0 Å². The van der Waals surface area contributed by atoms with Crippen molar-refractivity contribution in [2.24, 2.45) is 28.2 Å². The Morgan fingerprint density at radius 3 is 2.25 bits per heavy atom. The van der Waals surface area contributed by atoms with Crippen molar-refractivity contribution in [3.8, 4) is 11.3 Å². The molecule has 1 heterocycles. The molecule has 5 heteroatoms. The third-order valence-electron chi connectivity index (χ3n) is 7.20. The van der Waals surface area contributed by atoms with E-state index in [4.69, 9.17) is 4.99 Å². The summed E-state index contributed by atoms with van der Waals surface area (Å²) >= 11 is 5.18. The SMILES string of the molecule is CCn1c(-c2ccc(Br)cc2)c(C)sc1=NC(=O)C12CC3CC(CC(C3)C1)C2. The van der Waals surface area contributed by atoms with Crippen LogP contribution < -0.4 is 4.80 Å². The van der Waals surface area contributed by atoms with Gasteiger partial charge in [0.05, 0.1) is 11.1 Å². The molecule has 0 unspecified atom stereocenters. The number of thiazole rings is 1. The van der Waals surface area contributed by atoms with Gasteiger partial charge in [0.15, 0.2) is 4.80 Å². The summed E-state index contributed by atoms with van der Waals surface area (Å²) in [6.07, 6.45) is 7.31. The normalized spacial score (nSPS) is 31.5. The number of halogens is 1. The molecule has 3 nitrogen and oxygen atoms in total. The van der Waals surface area contributed by atoms with E-state index >= 15 is 0 Å². The second kappa shape index (κ2) is 6.94. The molecule has 0 saturated heterocycles. The van der Waals surface area contributed by atoms with Crippen LogP contribution in [0.1, 0.15) is 50.3 Å². The Labute approximate surface area is 179 Å². The van der Waals surface area contributed by atoms with Gasteiger partial charge >= 0.3 is 0 Å². The molecule has 0 atom stereocenters. The van der Waals surface area contributed by atoms with Gasteiger partial charge in [0.25, 0.3) is 5.91 Å². The Kier molecular flexibility index (Phi) is 4.66. The van der Waals surface area contributed by atoms with E-state index in [-0.39, 0.29) is 11.3 Å². The van der Waals surface area contributed by atoms with Crippen molar-refractivity contribution in [1.29, 1.82) is 0 Å². The molecule has 4 bridgehead atoms. The van der Waals surface area contributed by atoms with Crippen LogP contribution in [0.15, 0.2) is 33.7 Å². The third-order valence-corrected chi connectivity index (χ3v) is 8.72. The summed E-state index contributed by atoms with van der Waals surface area (Å²) in [7, 11) is 0. The highest BCUT2D eigenvalue weighted by Gasteiger charge is 2.54. The van der Waals surface area contributed by atoms with E-state index < -0.39 is 0 Å². The Morgan fingerprint density at radius 1 is 1.14 bits per heavy atom. The van der Waals surface area contributed by atoms with Gasteiger partial charge in [-0.1, -0.05) is 28.1 Å². The maximum atomic E-state index is 13.5. The molecule has 4 saturated carbocycles. The quantitative estimate of drug-likeness (QED) is 0.559. The van der Waals surface area contributed by atoms with Gasteiger partial charge in [-0.15, -0.1) is 11.3 Å². The van der Waals surface area contributed by atoms with E-state index in [9.17, 15) is 4.79 Å². The van der Waals surface area contributed by atoms with Crippen LogP contribution in [0.4, 0.5) is 0 Å². The molecular formula is C23H27BrN2OS. The third kappa shape index (κ3) is 3.06. The molecule has 0 radical (unpaired) electrons. The molecule has 28 heavy (non-hydrogen) atoms. The predicted octanol–water partition coefficient (Wildman–Crippen LogP) is 5.95. The standard InChI is InChI=1S/C23H27BrN2OS/c1-3-26-20(18-4-6-19(24)7-5-18)14(2)28-22(26)25-21(27)23-11-15-8-16(12-23)10-17(9-15)13-23/h4-7,15-17H,3,8-13H2,1-2H3. The van der Waals surface area contributed by atoms with Crippen LogP contribution in [0.2, 0.25) is 0 Å². The van der Waals surface area contributed by atoms with E-state index in [0.29, 0.717) is 0 Å². The summed E-state index contributed by atoms with van der Waals surface area (Å²) in [6.45, 7) is 5.11. The second-order valence-corrected chi connectivity index (χ2v) is 11.3. The van der Waals surface area contributed by atoms with Gasteiger partial charge in [-0.2, -0.15) is 4.99 Å². The summed E-state index contributed by atoms with van der Waals surface area (Å²) < 4.78 is 3.30.